The van der Waals surface area contributed by atoms with Crippen molar-refractivity contribution in [2.75, 3.05) is 0 Å². The molecule has 3 nitrogen and oxygen atoms in total. The summed E-state index contributed by atoms with van der Waals surface area (Å²) < 4.78 is 14.0. The number of hydrogen-bond acceptors (Lipinski definition) is 3. The molecule has 0 spiro atoms. The summed E-state index contributed by atoms with van der Waals surface area (Å²) in [5.41, 5.74) is 0. The zero-order chi connectivity index (χ0) is 25.0. The molecule has 1 rings (SSSR count). The van der Waals surface area contributed by atoms with Crippen LogP contribution in [0.4, 0.5) is 0 Å². The predicted octanol–water partition coefficient (Wildman–Crippen LogP) is 8.40. The highest BCUT2D eigenvalue weighted by Crippen LogP contribution is 2.40. The normalized spacial score (nSPS) is 29.5. The summed E-state index contributed by atoms with van der Waals surface area (Å²) in [5, 5.41) is 0.180. The first-order chi connectivity index (χ1) is 14.5. The van der Waals surface area contributed by atoms with Crippen molar-refractivity contribution in [1.29, 1.82) is 0 Å². The first-order valence-electron chi connectivity index (χ1n) is 12.4. The van der Waals surface area contributed by atoms with E-state index in [0.717, 1.165) is 6.42 Å². The second-order valence-electron chi connectivity index (χ2n) is 11.9. The molecule has 1 aliphatic rings. The molecular formula is C27H49IO3Si. The molecule has 1 unspecified atom stereocenters. The molecule has 0 radical (unpaired) electrons. The van der Waals surface area contributed by atoms with Crippen LogP contribution in [0.2, 0.25) is 18.1 Å². The van der Waals surface area contributed by atoms with E-state index >= 15 is 0 Å². The summed E-state index contributed by atoms with van der Waals surface area (Å²) in [6.45, 7) is 26.9. The highest BCUT2D eigenvalue weighted by molar-refractivity contribution is 14.1. The second kappa shape index (κ2) is 12.0. The average Bonchev–Trinajstić information content (AvgIpc) is 2.65. The van der Waals surface area contributed by atoms with E-state index in [1.807, 2.05) is 6.92 Å². The van der Waals surface area contributed by atoms with E-state index in [1.54, 1.807) is 0 Å². The number of ether oxygens (including phenoxy) is 1. The third-order valence-electron chi connectivity index (χ3n) is 7.96. The van der Waals surface area contributed by atoms with E-state index in [-0.39, 0.29) is 29.1 Å². The molecule has 0 aliphatic carbocycles. The van der Waals surface area contributed by atoms with Crippen LogP contribution in [0.15, 0.2) is 21.8 Å². The maximum absolute atomic E-state index is 12.2. The quantitative estimate of drug-likeness (QED) is 0.120. The molecule has 8 atom stereocenters. The van der Waals surface area contributed by atoms with Gasteiger partial charge in [-0.25, -0.2) is 0 Å². The third kappa shape index (κ3) is 8.26. The van der Waals surface area contributed by atoms with Gasteiger partial charge in [-0.1, -0.05) is 80.5 Å². The monoisotopic (exact) mass is 576 g/mol. The summed E-state index contributed by atoms with van der Waals surface area (Å²) in [5.74, 6) is 1.71. The Kier molecular flexibility index (Phi) is 11.2. The van der Waals surface area contributed by atoms with E-state index < -0.39 is 8.32 Å². The van der Waals surface area contributed by atoms with Gasteiger partial charge in [0, 0.05) is 5.92 Å². The van der Waals surface area contributed by atoms with Crippen LogP contribution in [0.5, 0.6) is 0 Å². The number of esters is 1. The van der Waals surface area contributed by atoms with Crippen LogP contribution in [-0.2, 0) is 14.0 Å². The van der Waals surface area contributed by atoms with Gasteiger partial charge in [0.25, 0.3) is 0 Å². The van der Waals surface area contributed by atoms with Gasteiger partial charge in [-0.3, -0.25) is 4.79 Å². The molecular weight excluding hydrogens is 527 g/mol. The minimum atomic E-state index is -1.89. The maximum atomic E-state index is 12.2. The van der Waals surface area contributed by atoms with E-state index in [9.17, 15) is 4.79 Å². The Bertz CT molecular complexity index is 675. The molecule has 32 heavy (non-hydrogen) atoms. The smallest absolute Gasteiger partial charge is 0.309 e. The average molecular weight is 577 g/mol. The topological polar surface area (TPSA) is 35.5 Å². The molecule has 0 amide bonds. The van der Waals surface area contributed by atoms with E-state index in [4.69, 9.17) is 9.16 Å². The number of carbonyl (C=O) groups is 1. The molecule has 0 bridgehead atoms. The van der Waals surface area contributed by atoms with Gasteiger partial charge in [0.1, 0.15) is 6.10 Å². The number of hydrogen-bond donors (Lipinski definition) is 0. The summed E-state index contributed by atoms with van der Waals surface area (Å²) in [7, 11) is -1.89. The fraction of sp³-hybridized carbons (Fsp3) is 0.815. The minimum absolute atomic E-state index is 0.00346. The van der Waals surface area contributed by atoms with Crippen molar-refractivity contribution in [2.45, 2.75) is 106 Å². The van der Waals surface area contributed by atoms with Crippen molar-refractivity contribution >= 4 is 36.9 Å². The van der Waals surface area contributed by atoms with Crippen LogP contribution < -0.4 is 0 Å². The van der Waals surface area contributed by atoms with Gasteiger partial charge in [0.15, 0.2) is 8.32 Å². The van der Waals surface area contributed by atoms with Crippen molar-refractivity contribution in [3.8, 4) is 0 Å². The molecule has 0 saturated carbocycles. The number of cyclic esters (lactones) is 1. The second-order valence-corrected chi connectivity index (χ2v) is 18.4. The maximum Gasteiger partial charge on any atom is 0.309 e. The molecule has 0 aromatic heterocycles. The SMILES string of the molecule is C/C(I)=C/[C@H](C)[C@@H](O[Si](C)(C)C(C)(C)C)[C@@H](C)/C=C\[C@@H](C)CC1OC(=O)[C@H](C)[C@@H](C)[C@H]1C. The zero-order valence-corrected chi connectivity index (χ0v) is 25.8. The molecule has 1 saturated heterocycles. The van der Waals surface area contributed by atoms with Gasteiger partial charge in [0.05, 0.1) is 12.0 Å². The Morgan fingerprint density at radius 2 is 1.66 bits per heavy atom. The summed E-state index contributed by atoms with van der Waals surface area (Å²) in [6.07, 6.45) is 8.00. The molecule has 186 valence electrons. The van der Waals surface area contributed by atoms with Crippen LogP contribution in [0.3, 0.4) is 0 Å². The number of allylic oxidation sites excluding steroid dienone is 2. The highest BCUT2D eigenvalue weighted by atomic mass is 127. The van der Waals surface area contributed by atoms with Crippen LogP contribution in [0.25, 0.3) is 0 Å². The lowest BCUT2D eigenvalue weighted by Gasteiger charge is -2.42. The Labute approximate surface area is 213 Å². The van der Waals surface area contributed by atoms with Crippen LogP contribution in [0.1, 0.15) is 75.7 Å². The van der Waals surface area contributed by atoms with Crippen molar-refractivity contribution < 1.29 is 14.0 Å². The summed E-state index contributed by atoms with van der Waals surface area (Å²) >= 11 is 2.39. The fourth-order valence-corrected chi connectivity index (χ4v) is 6.25. The molecule has 1 aliphatic heterocycles. The predicted molar refractivity (Wildman–Crippen MR) is 148 cm³/mol. The molecule has 1 fully saturated rings. The minimum Gasteiger partial charge on any atom is -0.462 e. The standard InChI is InChI=1S/C27H49IO3Si/c1-17(15-24-22(6)21(5)23(7)26(29)30-24)13-14-18(2)25(19(3)16-20(4)28)31-32(11,12)27(8,9)10/h13-14,16-19,21-25H,15H2,1-12H3/b14-13-,20-16-/t17-,18+,19+,21+,22-,23-,24?,25+/m1/s1. The summed E-state index contributed by atoms with van der Waals surface area (Å²) in [6, 6.07) is 0. The number of rotatable bonds is 9. The molecule has 1 heterocycles. The van der Waals surface area contributed by atoms with Crippen molar-refractivity contribution in [3.05, 3.63) is 21.8 Å². The molecule has 0 aromatic rings. The summed E-state index contributed by atoms with van der Waals surface area (Å²) in [4.78, 5) is 12.2. The van der Waals surface area contributed by atoms with Gasteiger partial charge < -0.3 is 9.16 Å². The van der Waals surface area contributed by atoms with Crippen molar-refractivity contribution in [2.24, 2.45) is 35.5 Å². The van der Waals surface area contributed by atoms with E-state index in [1.165, 1.54) is 3.58 Å². The highest BCUT2D eigenvalue weighted by Gasteiger charge is 2.41. The number of carbonyl (C=O) groups excluding carboxylic acids is 1. The largest absolute Gasteiger partial charge is 0.462 e. The lowest BCUT2D eigenvalue weighted by atomic mass is 9.77. The van der Waals surface area contributed by atoms with Crippen LogP contribution >= 0.6 is 22.6 Å². The zero-order valence-electron chi connectivity index (χ0n) is 22.7. The van der Waals surface area contributed by atoms with Crippen LogP contribution in [-0.4, -0.2) is 26.5 Å². The Balaban J connectivity index is 2.94. The fourth-order valence-electron chi connectivity index (χ4n) is 4.22. The van der Waals surface area contributed by atoms with E-state index in [0.29, 0.717) is 29.6 Å². The van der Waals surface area contributed by atoms with Gasteiger partial charge in [-0.05, 0) is 81.3 Å². The van der Waals surface area contributed by atoms with Crippen LogP contribution in [0, 0.1) is 35.5 Å². The Hall–Kier alpha value is -0.143. The lowest BCUT2D eigenvalue weighted by Crippen LogP contribution is -2.47. The molecule has 0 aromatic carbocycles. The van der Waals surface area contributed by atoms with Crippen molar-refractivity contribution in [1.82, 2.24) is 0 Å². The van der Waals surface area contributed by atoms with Gasteiger partial charge in [-0.15, -0.1) is 0 Å². The molecule has 0 N–H and O–H groups in total. The van der Waals surface area contributed by atoms with Gasteiger partial charge in [0.2, 0.25) is 0 Å². The van der Waals surface area contributed by atoms with E-state index in [2.05, 4.69) is 116 Å². The van der Waals surface area contributed by atoms with Gasteiger partial charge >= 0.3 is 5.97 Å². The number of halogens is 1. The Morgan fingerprint density at radius 3 is 2.16 bits per heavy atom. The molecule has 5 heteroatoms. The van der Waals surface area contributed by atoms with Gasteiger partial charge in [-0.2, -0.15) is 0 Å². The lowest BCUT2D eigenvalue weighted by molar-refractivity contribution is -0.170. The Morgan fingerprint density at radius 1 is 1.09 bits per heavy atom. The van der Waals surface area contributed by atoms with Crippen molar-refractivity contribution in [3.63, 3.8) is 0 Å². The first kappa shape index (κ1) is 29.9. The first-order valence-corrected chi connectivity index (χ1v) is 16.4. The third-order valence-corrected chi connectivity index (χ3v) is 12.8.